The molecule has 138 valence electrons. The van der Waals surface area contributed by atoms with E-state index in [0.717, 1.165) is 10.6 Å². The number of hydrogen-bond acceptors (Lipinski definition) is 5. The summed E-state index contributed by atoms with van der Waals surface area (Å²) in [5, 5.41) is 12.2. The molecule has 0 bridgehead atoms. The SMILES string of the molecule is O=C(Nc1nnc(-c2ccccc2)s1)N1CCN(c2ccccc2F)CC1. The van der Waals surface area contributed by atoms with E-state index < -0.39 is 0 Å². The zero-order valence-corrected chi connectivity index (χ0v) is 15.3. The molecule has 0 unspecified atom stereocenters. The summed E-state index contributed by atoms with van der Waals surface area (Å²) in [5.41, 5.74) is 1.54. The third kappa shape index (κ3) is 3.90. The minimum Gasteiger partial charge on any atom is -0.366 e. The Bertz CT molecular complexity index is 925. The van der Waals surface area contributed by atoms with E-state index in [2.05, 4.69) is 15.5 Å². The summed E-state index contributed by atoms with van der Waals surface area (Å²) in [6, 6.07) is 16.2. The molecule has 8 heteroatoms. The highest BCUT2D eigenvalue weighted by molar-refractivity contribution is 7.18. The van der Waals surface area contributed by atoms with Crippen LogP contribution in [-0.2, 0) is 0 Å². The molecule has 6 nitrogen and oxygen atoms in total. The molecule has 2 aromatic carbocycles. The molecular weight excluding hydrogens is 365 g/mol. The van der Waals surface area contributed by atoms with Crippen LogP contribution < -0.4 is 10.2 Å². The van der Waals surface area contributed by atoms with E-state index in [1.807, 2.05) is 41.3 Å². The highest BCUT2D eigenvalue weighted by atomic mass is 32.1. The van der Waals surface area contributed by atoms with Gasteiger partial charge in [-0.25, -0.2) is 9.18 Å². The van der Waals surface area contributed by atoms with Gasteiger partial charge in [0.1, 0.15) is 10.8 Å². The first-order valence-electron chi connectivity index (χ1n) is 8.65. The number of para-hydroxylation sites is 1. The topological polar surface area (TPSA) is 61.4 Å². The lowest BCUT2D eigenvalue weighted by molar-refractivity contribution is 0.208. The van der Waals surface area contributed by atoms with Crippen molar-refractivity contribution in [3.8, 4) is 10.6 Å². The lowest BCUT2D eigenvalue weighted by Gasteiger charge is -2.35. The second-order valence-corrected chi connectivity index (χ2v) is 7.11. The largest absolute Gasteiger partial charge is 0.366 e. The van der Waals surface area contributed by atoms with Crippen molar-refractivity contribution in [3.63, 3.8) is 0 Å². The zero-order valence-electron chi connectivity index (χ0n) is 14.5. The number of hydrogen-bond donors (Lipinski definition) is 1. The average molecular weight is 383 g/mol. The maximum atomic E-state index is 13.9. The molecule has 4 rings (SSSR count). The quantitative estimate of drug-likeness (QED) is 0.749. The van der Waals surface area contributed by atoms with Crippen LogP contribution in [0.1, 0.15) is 0 Å². The van der Waals surface area contributed by atoms with Crippen LogP contribution in [0.15, 0.2) is 54.6 Å². The maximum absolute atomic E-state index is 13.9. The van der Waals surface area contributed by atoms with Gasteiger partial charge in [-0.3, -0.25) is 5.32 Å². The van der Waals surface area contributed by atoms with Gasteiger partial charge >= 0.3 is 6.03 Å². The monoisotopic (exact) mass is 383 g/mol. The second kappa shape index (κ2) is 7.71. The van der Waals surface area contributed by atoms with Gasteiger partial charge in [0.05, 0.1) is 5.69 Å². The molecule has 0 aliphatic carbocycles. The highest BCUT2D eigenvalue weighted by Gasteiger charge is 2.23. The second-order valence-electron chi connectivity index (χ2n) is 6.13. The van der Waals surface area contributed by atoms with E-state index in [0.29, 0.717) is 37.0 Å². The van der Waals surface area contributed by atoms with Crippen molar-refractivity contribution in [1.29, 1.82) is 0 Å². The standard InChI is InChI=1S/C19H18FN5OS/c20-15-8-4-5-9-16(15)24-10-12-25(13-11-24)19(26)21-18-23-22-17(27-18)14-6-2-1-3-7-14/h1-9H,10-13H2,(H,21,23,26). The Morgan fingerprint density at radius 2 is 1.67 bits per heavy atom. The number of carbonyl (C=O) groups is 1. The normalized spacial score (nSPS) is 14.3. The summed E-state index contributed by atoms with van der Waals surface area (Å²) >= 11 is 1.34. The molecule has 1 aliphatic heterocycles. The van der Waals surface area contributed by atoms with Crippen molar-refractivity contribution in [2.45, 2.75) is 0 Å². The molecular formula is C19H18FN5OS. The van der Waals surface area contributed by atoms with Gasteiger partial charge in [-0.1, -0.05) is 53.8 Å². The Balaban J connectivity index is 1.35. The van der Waals surface area contributed by atoms with Crippen LogP contribution in [0.5, 0.6) is 0 Å². The van der Waals surface area contributed by atoms with E-state index in [1.165, 1.54) is 17.4 Å². The smallest absolute Gasteiger partial charge is 0.323 e. The van der Waals surface area contributed by atoms with Crippen LogP contribution in [0, 0.1) is 5.82 Å². The van der Waals surface area contributed by atoms with Crippen molar-refractivity contribution < 1.29 is 9.18 Å². The third-order valence-corrected chi connectivity index (χ3v) is 5.31. The molecule has 3 aromatic rings. The minimum absolute atomic E-state index is 0.209. The van der Waals surface area contributed by atoms with Crippen molar-refractivity contribution >= 4 is 28.2 Å². The first-order chi connectivity index (χ1) is 13.2. The lowest BCUT2D eigenvalue weighted by atomic mass is 10.2. The zero-order chi connectivity index (χ0) is 18.6. The number of aromatic nitrogens is 2. The third-order valence-electron chi connectivity index (χ3n) is 4.42. The van der Waals surface area contributed by atoms with Gasteiger partial charge in [-0.2, -0.15) is 0 Å². The van der Waals surface area contributed by atoms with Crippen molar-refractivity contribution in [2.24, 2.45) is 0 Å². The van der Waals surface area contributed by atoms with Crippen molar-refractivity contribution in [3.05, 3.63) is 60.4 Å². The van der Waals surface area contributed by atoms with Crippen LogP contribution in [0.3, 0.4) is 0 Å². The molecule has 1 aromatic heterocycles. The number of nitrogens with one attached hydrogen (secondary N) is 1. The van der Waals surface area contributed by atoms with E-state index >= 15 is 0 Å². The van der Waals surface area contributed by atoms with Crippen LogP contribution in [0.25, 0.3) is 10.6 Å². The number of urea groups is 1. The molecule has 0 atom stereocenters. The van der Waals surface area contributed by atoms with Gasteiger partial charge in [-0.15, -0.1) is 10.2 Å². The van der Waals surface area contributed by atoms with Crippen molar-refractivity contribution in [1.82, 2.24) is 15.1 Å². The lowest BCUT2D eigenvalue weighted by Crippen LogP contribution is -2.50. The number of nitrogens with zero attached hydrogens (tertiary/aromatic N) is 4. The van der Waals surface area contributed by atoms with E-state index in [4.69, 9.17) is 0 Å². The molecule has 0 saturated carbocycles. The molecule has 0 spiro atoms. The summed E-state index contributed by atoms with van der Waals surface area (Å²) in [6.45, 7) is 2.20. The Kier molecular flexibility index (Phi) is 4.97. The number of anilines is 2. The van der Waals surface area contributed by atoms with Gasteiger partial charge in [0.25, 0.3) is 0 Å². The number of carbonyl (C=O) groups excluding carboxylic acids is 1. The summed E-state index contributed by atoms with van der Waals surface area (Å²) < 4.78 is 13.9. The first-order valence-corrected chi connectivity index (χ1v) is 9.47. The van der Waals surface area contributed by atoms with Gasteiger partial charge in [0, 0.05) is 31.7 Å². The molecule has 2 amide bonds. The van der Waals surface area contributed by atoms with Crippen molar-refractivity contribution in [2.75, 3.05) is 36.4 Å². The number of rotatable bonds is 3. The summed E-state index contributed by atoms with van der Waals surface area (Å²) in [7, 11) is 0. The molecule has 1 fully saturated rings. The van der Waals surface area contributed by atoms with Gasteiger partial charge in [0.2, 0.25) is 5.13 Å². The Morgan fingerprint density at radius 3 is 2.41 bits per heavy atom. The Labute approximate surface area is 160 Å². The minimum atomic E-state index is -0.238. The van der Waals surface area contributed by atoms with Crippen LogP contribution >= 0.6 is 11.3 Å². The fraction of sp³-hybridized carbons (Fsp3) is 0.211. The molecule has 0 radical (unpaired) electrons. The summed E-state index contributed by atoms with van der Waals surface area (Å²) in [4.78, 5) is 16.1. The van der Waals surface area contributed by atoms with E-state index in [1.54, 1.807) is 17.0 Å². The Morgan fingerprint density at radius 1 is 0.963 bits per heavy atom. The number of amides is 2. The van der Waals surface area contributed by atoms with Crippen LogP contribution in [-0.4, -0.2) is 47.3 Å². The highest BCUT2D eigenvalue weighted by Crippen LogP contribution is 2.26. The first kappa shape index (κ1) is 17.4. The molecule has 1 saturated heterocycles. The molecule has 2 heterocycles. The number of halogens is 1. The van der Waals surface area contributed by atoms with Gasteiger partial charge in [0.15, 0.2) is 0 Å². The molecule has 1 aliphatic rings. The average Bonchev–Trinajstić information content (AvgIpc) is 3.18. The maximum Gasteiger partial charge on any atom is 0.323 e. The molecule has 1 N–H and O–H groups in total. The molecule has 27 heavy (non-hydrogen) atoms. The predicted octanol–water partition coefficient (Wildman–Crippen LogP) is 3.70. The van der Waals surface area contributed by atoms with Gasteiger partial charge in [-0.05, 0) is 12.1 Å². The van der Waals surface area contributed by atoms with E-state index in [-0.39, 0.29) is 11.8 Å². The fourth-order valence-electron chi connectivity index (χ4n) is 3.00. The van der Waals surface area contributed by atoms with Gasteiger partial charge < -0.3 is 9.80 Å². The fourth-order valence-corrected chi connectivity index (χ4v) is 3.74. The Hall–Kier alpha value is -3.00. The van der Waals surface area contributed by atoms with Crippen LogP contribution in [0.2, 0.25) is 0 Å². The summed E-state index contributed by atoms with van der Waals surface area (Å²) in [6.07, 6.45) is 0. The number of piperazine rings is 1. The van der Waals surface area contributed by atoms with Crippen LogP contribution in [0.4, 0.5) is 20.0 Å². The van der Waals surface area contributed by atoms with E-state index in [9.17, 15) is 9.18 Å². The summed E-state index contributed by atoms with van der Waals surface area (Å²) in [5.74, 6) is -0.238. The predicted molar refractivity (Wildman–Crippen MR) is 105 cm³/mol. The number of benzene rings is 2.